The maximum Gasteiger partial charge on any atom is 0.206 e. The first-order chi connectivity index (χ1) is 23.9. The van der Waals surface area contributed by atoms with Gasteiger partial charge in [-0.3, -0.25) is 0 Å². The molecular formula is C38H42F2N4O4S2. The Labute approximate surface area is 292 Å². The molecule has 2 unspecified atom stereocenters. The van der Waals surface area contributed by atoms with Gasteiger partial charge in [0.05, 0.1) is 19.6 Å². The molecule has 0 aromatic heterocycles. The van der Waals surface area contributed by atoms with Gasteiger partial charge in [-0.15, -0.1) is 0 Å². The molecule has 0 bridgehead atoms. The van der Waals surface area contributed by atoms with E-state index in [0.717, 1.165) is 61.4 Å². The Hall–Kier alpha value is -3.84. The molecule has 6 atom stereocenters. The minimum absolute atomic E-state index is 0.118. The van der Waals surface area contributed by atoms with Crippen molar-refractivity contribution in [3.05, 3.63) is 108 Å². The van der Waals surface area contributed by atoms with E-state index in [9.17, 15) is 25.6 Å². The number of anilines is 2. The summed E-state index contributed by atoms with van der Waals surface area (Å²) in [4.78, 5) is 0.772. The van der Waals surface area contributed by atoms with Crippen LogP contribution in [-0.2, 0) is 19.7 Å². The molecule has 4 aromatic rings. The molecule has 0 radical (unpaired) electrons. The fourth-order valence-corrected chi connectivity index (χ4v) is 10.6. The van der Waals surface area contributed by atoms with E-state index in [0.29, 0.717) is 35.9 Å². The van der Waals surface area contributed by atoms with Crippen molar-refractivity contribution in [1.29, 1.82) is 0 Å². The molecular weight excluding hydrogens is 679 g/mol. The molecule has 4 N–H and O–H groups in total. The van der Waals surface area contributed by atoms with Gasteiger partial charge in [0.1, 0.15) is 11.6 Å². The third kappa shape index (κ3) is 6.66. The number of rotatable bonds is 4. The van der Waals surface area contributed by atoms with Crippen LogP contribution < -0.4 is 21.3 Å². The molecule has 0 aliphatic carbocycles. The second-order valence-electron chi connectivity index (χ2n) is 13.9. The summed E-state index contributed by atoms with van der Waals surface area (Å²) >= 11 is 0. The Bertz CT molecular complexity index is 2090. The van der Waals surface area contributed by atoms with Crippen LogP contribution in [0.25, 0.3) is 0 Å². The molecule has 4 aromatic carbocycles. The zero-order chi connectivity index (χ0) is 35.2. The maximum absolute atomic E-state index is 13.1. The quantitative estimate of drug-likeness (QED) is 0.177. The molecule has 2 saturated heterocycles. The summed E-state index contributed by atoms with van der Waals surface area (Å²) in [6.45, 7) is 7.22. The van der Waals surface area contributed by atoms with Gasteiger partial charge in [0, 0.05) is 41.3 Å². The molecule has 2 fully saturated rings. The number of nitrogens with one attached hydrogen (secondary N) is 4. The number of sulfone groups is 2. The Morgan fingerprint density at radius 1 is 0.620 bits per heavy atom. The predicted octanol–water partition coefficient (Wildman–Crippen LogP) is 6.47. The number of hydrogen-bond donors (Lipinski definition) is 4. The Balaban J connectivity index is 0.000000157. The second-order valence-corrected chi connectivity index (χ2v) is 17.8. The van der Waals surface area contributed by atoms with Crippen LogP contribution in [-0.4, -0.2) is 54.6 Å². The van der Waals surface area contributed by atoms with Crippen LogP contribution in [0.4, 0.5) is 20.2 Å². The zero-order valence-electron chi connectivity index (χ0n) is 28.0. The van der Waals surface area contributed by atoms with E-state index in [1.54, 1.807) is 24.3 Å². The van der Waals surface area contributed by atoms with Crippen molar-refractivity contribution in [2.45, 2.75) is 82.7 Å². The fraction of sp³-hybridized carbons (Fsp3) is 0.368. The first-order valence-electron chi connectivity index (χ1n) is 17.2. The molecule has 8 rings (SSSR count). The van der Waals surface area contributed by atoms with E-state index < -0.39 is 31.3 Å². The van der Waals surface area contributed by atoms with Gasteiger partial charge in [-0.2, -0.15) is 0 Å². The van der Waals surface area contributed by atoms with E-state index in [-0.39, 0.29) is 19.6 Å². The molecule has 8 nitrogen and oxygen atoms in total. The van der Waals surface area contributed by atoms with E-state index >= 15 is 0 Å². The first-order valence-corrected chi connectivity index (χ1v) is 20.1. The van der Waals surface area contributed by atoms with Gasteiger partial charge in [-0.05, 0) is 148 Å². The number of fused-ring (bicyclic) bond motifs is 6. The van der Waals surface area contributed by atoms with Crippen molar-refractivity contribution in [3.63, 3.8) is 0 Å². The normalized spacial score (nSPS) is 25.6. The van der Waals surface area contributed by atoms with E-state index in [1.165, 1.54) is 48.5 Å². The van der Waals surface area contributed by atoms with Crippen LogP contribution in [0.1, 0.15) is 56.1 Å². The molecule has 4 aliphatic heterocycles. The Morgan fingerprint density at radius 2 is 1.12 bits per heavy atom. The van der Waals surface area contributed by atoms with E-state index in [4.69, 9.17) is 0 Å². The van der Waals surface area contributed by atoms with Crippen molar-refractivity contribution in [3.8, 4) is 0 Å². The monoisotopic (exact) mass is 720 g/mol. The lowest BCUT2D eigenvalue weighted by Crippen LogP contribution is -2.25. The maximum atomic E-state index is 13.1. The largest absolute Gasteiger partial charge is 0.381 e. The Kier molecular flexibility index (Phi) is 9.48. The highest BCUT2D eigenvalue weighted by atomic mass is 32.2. The third-order valence-corrected chi connectivity index (χ3v) is 14.1. The van der Waals surface area contributed by atoms with Crippen LogP contribution in [0.15, 0.2) is 105 Å². The lowest BCUT2D eigenvalue weighted by molar-refractivity contribution is 0.443. The molecule has 50 heavy (non-hydrogen) atoms. The molecule has 12 heteroatoms. The standard InChI is InChI=1S/2C19H21FN2O2S/c1-12-11-21-9-8-18-19(12)16-10-15(6-7-17(16)22-18)25(23,24)14-4-2-13(20)3-5-14;1-12-10-16-17-11-15(6-7-18(17)22-19(16)8-9-21-12)25(23,24)14-4-2-13(20)3-5-14/h2-7,10,12,18-19,21-22H,8-9,11H2,1H3;2-7,11-12,16,19,21-22H,8-10H2,1H3/t12?,18-,19-;12?,16-,19-/m00/s1. The average Bonchev–Trinajstić information content (AvgIpc) is 3.49. The first kappa shape index (κ1) is 34.6. The summed E-state index contributed by atoms with van der Waals surface area (Å²) in [5, 5.41) is 14.0. The van der Waals surface area contributed by atoms with Gasteiger partial charge < -0.3 is 21.3 Å². The van der Waals surface area contributed by atoms with Crippen LogP contribution in [0.3, 0.4) is 0 Å². The van der Waals surface area contributed by atoms with Gasteiger partial charge in [-0.1, -0.05) is 6.92 Å². The molecule has 0 spiro atoms. The third-order valence-electron chi connectivity index (χ3n) is 10.5. The van der Waals surface area contributed by atoms with Crippen molar-refractivity contribution in [2.75, 3.05) is 30.3 Å². The molecule has 4 heterocycles. The van der Waals surface area contributed by atoms with Gasteiger partial charge in [0.25, 0.3) is 0 Å². The second kappa shape index (κ2) is 13.7. The average molecular weight is 721 g/mol. The lowest BCUT2D eigenvalue weighted by Gasteiger charge is -2.22. The molecule has 264 valence electrons. The predicted molar refractivity (Wildman–Crippen MR) is 190 cm³/mol. The highest BCUT2D eigenvalue weighted by Gasteiger charge is 2.38. The summed E-state index contributed by atoms with van der Waals surface area (Å²) in [5.74, 6) is 0.140. The summed E-state index contributed by atoms with van der Waals surface area (Å²) in [6, 6.07) is 21.6. The van der Waals surface area contributed by atoms with Gasteiger partial charge in [-0.25, -0.2) is 25.6 Å². The number of hydrogen-bond acceptors (Lipinski definition) is 8. The summed E-state index contributed by atoms with van der Waals surface area (Å²) in [5.41, 5.74) is 4.21. The molecule has 0 saturated carbocycles. The summed E-state index contributed by atoms with van der Waals surface area (Å²) in [7, 11) is -7.30. The van der Waals surface area contributed by atoms with Crippen molar-refractivity contribution in [1.82, 2.24) is 10.6 Å². The molecule has 4 aliphatic rings. The van der Waals surface area contributed by atoms with E-state index in [1.807, 2.05) is 12.1 Å². The van der Waals surface area contributed by atoms with Crippen LogP contribution >= 0.6 is 0 Å². The number of halogens is 2. The van der Waals surface area contributed by atoms with Crippen molar-refractivity contribution < 1.29 is 25.6 Å². The van der Waals surface area contributed by atoms with Crippen LogP contribution in [0, 0.1) is 17.6 Å². The molecule has 0 amide bonds. The zero-order valence-corrected chi connectivity index (χ0v) is 29.6. The van der Waals surface area contributed by atoms with Crippen molar-refractivity contribution in [2.24, 2.45) is 5.92 Å². The fourth-order valence-electron chi connectivity index (χ4n) is 7.97. The van der Waals surface area contributed by atoms with E-state index in [2.05, 4.69) is 35.1 Å². The van der Waals surface area contributed by atoms with Crippen LogP contribution in [0.5, 0.6) is 0 Å². The lowest BCUT2D eigenvalue weighted by atomic mass is 9.84. The number of benzene rings is 4. The van der Waals surface area contributed by atoms with Crippen LogP contribution in [0.2, 0.25) is 0 Å². The van der Waals surface area contributed by atoms with Crippen molar-refractivity contribution >= 4 is 31.0 Å². The SMILES string of the molecule is CC1CNCC[C@@H]2Nc3ccc(S(=O)(=O)c4ccc(F)cc4)cc3[C@H]12.CC1C[C@H]2c3cc(S(=O)(=O)c4ccc(F)cc4)ccc3N[C@H]2CCN1. The highest BCUT2D eigenvalue weighted by molar-refractivity contribution is 7.91. The summed E-state index contributed by atoms with van der Waals surface area (Å²) in [6.07, 6.45) is 3.01. The minimum Gasteiger partial charge on any atom is -0.381 e. The smallest absolute Gasteiger partial charge is 0.206 e. The topological polar surface area (TPSA) is 116 Å². The highest BCUT2D eigenvalue weighted by Crippen LogP contribution is 2.44. The van der Waals surface area contributed by atoms with Gasteiger partial charge in [0.15, 0.2) is 0 Å². The minimum atomic E-state index is -3.65. The van der Waals surface area contributed by atoms with Gasteiger partial charge in [0.2, 0.25) is 19.7 Å². The Morgan fingerprint density at radius 3 is 1.72 bits per heavy atom. The summed E-state index contributed by atoms with van der Waals surface area (Å²) < 4.78 is 77.8. The van der Waals surface area contributed by atoms with Gasteiger partial charge >= 0.3 is 0 Å².